The molecule has 1 heterocycles. The molecule has 1 fully saturated rings. The van der Waals surface area contributed by atoms with Gasteiger partial charge in [0.1, 0.15) is 5.82 Å². The first-order valence-corrected chi connectivity index (χ1v) is 9.36. The molecule has 0 saturated carbocycles. The predicted molar refractivity (Wildman–Crippen MR) is 104 cm³/mol. The zero-order chi connectivity index (χ0) is 18.9. The van der Waals surface area contributed by atoms with Crippen LogP contribution in [0.3, 0.4) is 0 Å². The largest absolute Gasteiger partial charge is 0.379 e. The molecule has 0 radical (unpaired) electrons. The molecule has 0 aromatic heterocycles. The number of nitrogens with one attached hydrogen (secondary N) is 1. The molecule has 6 heteroatoms. The highest BCUT2D eigenvalue weighted by Gasteiger charge is 2.16. The van der Waals surface area contributed by atoms with Gasteiger partial charge >= 0.3 is 6.03 Å². The summed E-state index contributed by atoms with van der Waals surface area (Å²) in [5.74, 6) is -0.272. The van der Waals surface area contributed by atoms with Crippen molar-refractivity contribution >= 4 is 11.7 Å². The molecular formula is C21H26FN3O2. The van der Waals surface area contributed by atoms with Gasteiger partial charge in [0.25, 0.3) is 0 Å². The number of hydrogen-bond acceptors (Lipinski definition) is 3. The number of carbonyl (C=O) groups is 1. The normalized spacial score (nSPS) is 14.7. The summed E-state index contributed by atoms with van der Waals surface area (Å²) in [5, 5.41) is 2.94. The van der Waals surface area contributed by atoms with Crippen molar-refractivity contribution in [1.82, 2.24) is 9.80 Å². The Morgan fingerprint density at radius 2 is 1.78 bits per heavy atom. The molecule has 1 aliphatic rings. The number of morpholine rings is 1. The van der Waals surface area contributed by atoms with E-state index < -0.39 is 0 Å². The highest BCUT2D eigenvalue weighted by molar-refractivity contribution is 5.89. The number of urea groups is 1. The number of anilines is 1. The fraction of sp³-hybridized carbons (Fsp3) is 0.381. The Kier molecular flexibility index (Phi) is 7.19. The fourth-order valence-corrected chi connectivity index (χ4v) is 3.10. The molecule has 2 aromatic rings. The van der Waals surface area contributed by atoms with E-state index in [9.17, 15) is 9.18 Å². The molecular weight excluding hydrogens is 345 g/mol. The van der Waals surface area contributed by atoms with E-state index in [0.717, 1.165) is 50.5 Å². The first-order chi connectivity index (χ1) is 13.2. The summed E-state index contributed by atoms with van der Waals surface area (Å²) in [5.41, 5.74) is 1.67. The first-order valence-electron chi connectivity index (χ1n) is 9.36. The van der Waals surface area contributed by atoms with Crippen LogP contribution in [0.5, 0.6) is 0 Å². The molecule has 0 atom stereocenters. The van der Waals surface area contributed by atoms with Crippen LogP contribution >= 0.6 is 0 Å². The van der Waals surface area contributed by atoms with Crippen LogP contribution in [0, 0.1) is 5.82 Å². The molecule has 3 rings (SSSR count). The van der Waals surface area contributed by atoms with E-state index in [4.69, 9.17) is 4.74 Å². The molecule has 2 amide bonds. The van der Waals surface area contributed by atoms with Gasteiger partial charge in [-0.05, 0) is 36.2 Å². The molecule has 2 aromatic carbocycles. The van der Waals surface area contributed by atoms with Gasteiger partial charge in [-0.15, -0.1) is 0 Å². The predicted octanol–water partition coefficient (Wildman–Crippen LogP) is 3.58. The van der Waals surface area contributed by atoms with Crippen LogP contribution < -0.4 is 5.32 Å². The van der Waals surface area contributed by atoms with Crippen molar-refractivity contribution in [3.8, 4) is 0 Å². The lowest BCUT2D eigenvalue weighted by Crippen LogP contribution is -2.40. The lowest BCUT2D eigenvalue weighted by molar-refractivity contribution is 0.0365. The van der Waals surface area contributed by atoms with Gasteiger partial charge in [-0.1, -0.05) is 30.3 Å². The van der Waals surface area contributed by atoms with Crippen molar-refractivity contribution in [2.45, 2.75) is 13.0 Å². The number of halogens is 1. The summed E-state index contributed by atoms with van der Waals surface area (Å²) in [4.78, 5) is 16.9. The zero-order valence-electron chi connectivity index (χ0n) is 15.4. The maximum absolute atomic E-state index is 13.2. The Balaban J connectivity index is 1.59. The van der Waals surface area contributed by atoms with Crippen molar-refractivity contribution < 1.29 is 13.9 Å². The van der Waals surface area contributed by atoms with E-state index in [1.54, 1.807) is 17.0 Å². The van der Waals surface area contributed by atoms with Gasteiger partial charge in [0.2, 0.25) is 0 Å². The molecule has 27 heavy (non-hydrogen) atoms. The Labute approximate surface area is 159 Å². The minimum absolute atomic E-state index is 0.146. The number of rotatable bonds is 7. The Morgan fingerprint density at radius 3 is 2.48 bits per heavy atom. The smallest absolute Gasteiger partial charge is 0.322 e. The standard InChI is InChI=1S/C21H26FN3O2/c22-19-9-7-18(8-10-19)17-25(12-4-11-24-13-15-27-16-14-24)21(26)23-20-5-2-1-3-6-20/h1-3,5-10H,4,11-17H2,(H,23,26). The average molecular weight is 371 g/mol. The third-order valence-corrected chi connectivity index (χ3v) is 4.61. The van der Waals surface area contributed by atoms with Crippen molar-refractivity contribution in [2.24, 2.45) is 0 Å². The minimum atomic E-state index is -0.272. The molecule has 0 aliphatic carbocycles. The Morgan fingerprint density at radius 1 is 1.07 bits per heavy atom. The Bertz CT molecular complexity index is 703. The summed E-state index contributed by atoms with van der Waals surface area (Å²) >= 11 is 0. The van der Waals surface area contributed by atoms with E-state index in [0.29, 0.717) is 13.1 Å². The maximum atomic E-state index is 13.2. The lowest BCUT2D eigenvalue weighted by atomic mass is 10.2. The Hall–Kier alpha value is -2.44. The van der Waals surface area contributed by atoms with E-state index in [-0.39, 0.29) is 11.8 Å². The van der Waals surface area contributed by atoms with Crippen LogP contribution in [0.4, 0.5) is 14.9 Å². The summed E-state index contributed by atoms with van der Waals surface area (Å²) in [7, 11) is 0. The third-order valence-electron chi connectivity index (χ3n) is 4.61. The van der Waals surface area contributed by atoms with Crippen LogP contribution in [-0.4, -0.2) is 55.2 Å². The van der Waals surface area contributed by atoms with Crippen molar-refractivity contribution in [3.63, 3.8) is 0 Å². The number of nitrogens with zero attached hydrogens (tertiary/aromatic N) is 2. The van der Waals surface area contributed by atoms with Crippen LogP contribution in [0.1, 0.15) is 12.0 Å². The maximum Gasteiger partial charge on any atom is 0.322 e. The molecule has 0 bridgehead atoms. The van der Waals surface area contributed by atoms with Gasteiger partial charge < -0.3 is 15.0 Å². The van der Waals surface area contributed by atoms with Gasteiger partial charge in [0, 0.05) is 38.4 Å². The monoisotopic (exact) mass is 371 g/mol. The molecule has 1 N–H and O–H groups in total. The molecule has 144 valence electrons. The van der Waals surface area contributed by atoms with Gasteiger partial charge in [0.05, 0.1) is 13.2 Å². The van der Waals surface area contributed by atoms with Crippen molar-refractivity contribution in [1.29, 1.82) is 0 Å². The van der Waals surface area contributed by atoms with Crippen molar-refractivity contribution in [3.05, 3.63) is 66.0 Å². The highest BCUT2D eigenvalue weighted by atomic mass is 19.1. The molecule has 1 aliphatic heterocycles. The van der Waals surface area contributed by atoms with E-state index in [1.807, 2.05) is 30.3 Å². The number of ether oxygens (including phenoxy) is 1. The minimum Gasteiger partial charge on any atom is -0.379 e. The second-order valence-corrected chi connectivity index (χ2v) is 6.65. The number of benzene rings is 2. The molecule has 5 nitrogen and oxygen atoms in total. The summed E-state index contributed by atoms with van der Waals surface area (Å²) in [6, 6.07) is 15.6. The van der Waals surface area contributed by atoms with E-state index in [2.05, 4.69) is 10.2 Å². The van der Waals surface area contributed by atoms with Gasteiger partial charge in [-0.3, -0.25) is 4.90 Å². The topological polar surface area (TPSA) is 44.8 Å². The van der Waals surface area contributed by atoms with Crippen LogP contribution in [0.15, 0.2) is 54.6 Å². The number of para-hydroxylation sites is 1. The molecule has 0 unspecified atom stereocenters. The summed E-state index contributed by atoms with van der Waals surface area (Å²) in [6.07, 6.45) is 0.878. The number of carbonyl (C=O) groups excluding carboxylic acids is 1. The molecule has 0 spiro atoms. The fourth-order valence-electron chi connectivity index (χ4n) is 3.10. The summed E-state index contributed by atoms with van der Waals surface area (Å²) < 4.78 is 18.5. The van der Waals surface area contributed by atoms with Crippen molar-refractivity contribution in [2.75, 3.05) is 44.7 Å². The molecule has 1 saturated heterocycles. The zero-order valence-corrected chi connectivity index (χ0v) is 15.4. The third kappa shape index (κ3) is 6.34. The highest BCUT2D eigenvalue weighted by Crippen LogP contribution is 2.12. The van der Waals surface area contributed by atoms with Gasteiger partial charge in [0.15, 0.2) is 0 Å². The summed E-state index contributed by atoms with van der Waals surface area (Å²) in [6.45, 7) is 5.43. The number of amides is 2. The van der Waals surface area contributed by atoms with Gasteiger partial charge in [-0.25, -0.2) is 9.18 Å². The number of hydrogen-bond donors (Lipinski definition) is 1. The van der Waals surface area contributed by atoms with Gasteiger partial charge in [-0.2, -0.15) is 0 Å². The van der Waals surface area contributed by atoms with Crippen LogP contribution in [0.25, 0.3) is 0 Å². The van der Waals surface area contributed by atoms with Crippen LogP contribution in [-0.2, 0) is 11.3 Å². The first kappa shape index (κ1) is 19.3. The quantitative estimate of drug-likeness (QED) is 0.809. The SMILES string of the molecule is O=C(Nc1ccccc1)N(CCCN1CCOCC1)Cc1ccc(F)cc1. The van der Waals surface area contributed by atoms with E-state index >= 15 is 0 Å². The second-order valence-electron chi connectivity index (χ2n) is 6.65. The van der Waals surface area contributed by atoms with Crippen LogP contribution in [0.2, 0.25) is 0 Å². The van der Waals surface area contributed by atoms with E-state index in [1.165, 1.54) is 12.1 Å². The second kappa shape index (κ2) is 10.0. The lowest BCUT2D eigenvalue weighted by Gasteiger charge is -2.28. The average Bonchev–Trinajstić information content (AvgIpc) is 2.70.